The van der Waals surface area contributed by atoms with E-state index in [1.54, 1.807) is 61.5 Å². The molecule has 0 amide bonds. The number of hydrogen-bond donors (Lipinski definition) is 1. The van der Waals surface area contributed by atoms with Crippen LogP contribution in [0.1, 0.15) is 24.0 Å². The van der Waals surface area contributed by atoms with Gasteiger partial charge in [0.25, 0.3) is 5.56 Å². The predicted molar refractivity (Wildman–Crippen MR) is 130 cm³/mol. The summed E-state index contributed by atoms with van der Waals surface area (Å²) in [7, 11) is 0. The fourth-order valence-electron chi connectivity index (χ4n) is 3.71. The molecule has 3 aromatic rings. The molecule has 1 atom stereocenters. The zero-order valence-electron chi connectivity index (χ0n) is 17.3. The quantitative estimate of drug-likeness (QED) is 0.558. The van der Waals surface area contributed by atoms with Gasteiger partial charge in [0.1, 0.15) is 10.5 Å². The highest BCUT2D eigenvalue weighted by Crippen LogP contribution is 2.39. The number of esters is 1. The molecule has 0 radical (unpaired) electrons. The Bertz CT molecular complexity index is 1530. The second-order valence-electron chi connectivity index (χ2n) is 7.08. The second kappa shape index (κ2) is 9.28. The highest BCUT2D eigenvalue weighted by Gasteiger charge is 2.37. The summed E-state index contributed by atoms with van der Waals surface area (Å²) in [5.41, 5.74) is 7.28. The molecule has 2 heterocycles. The first kappa shape index (κ1) is 22.9. The van der Waals surface area contributed by atoms with E-state index in [1.165, 1.54) is 4.57 Å². The minimum Gasteiger partial charge on any atom is -0.463 e. The highest BCUT2D eigenvalue weighted by atomic mass is 35.5. The third-order valence-electron chi connectivity index (χ3n) is 5.17. The molecular formula is C24H17Cl2N3O3S. The third kappa shape index (κ3) is 3.98. The van der Waals surface area contributed by atoms with Gasteiger partial charge in [0.05, 0.1) is 34.3 Å². The number of aromatic nitrogens is 1. The zero-order valence-corrected chi connectivity index (χ0v) is 19.7. The molecular weight excluding hydrogens is 481 g/mol. The number of carbonyl (C=O) groups is 1. The van der Waals surface area contributed by atoms with Crippen molar-refractivity contribution in [3.63, 3.8) is 0 Å². The first-order valence-electron chi connectivity index (χ1n) is 9.93. The number of carbonyl (C=O) groups excluding carboxylic acids is 1. The summed E-state index contributed by atoms with van der Waals surface area (Å²) in [6, 6.07) is 16.1. The number of hydrogen-bond acceptors (Lipinski definition) is 6. The number of nitrogens with zero attached hydrogens (tertiary/aromatic N) is 2. The standard InChI is InChI=1S/C24H17Cl2N3O3S/c1-2-32-24(31)20-19(14-8-4-6-10-17(14)26)15(12-27)23-29(21(20)28)22(30)18(33-23)11-13-7-3-5-9-16(13)25/h3-11,19H,2,28H2,1H3/b18-11+. The van der Waals surface area contributed by atoms with E-state index in [2.05, 4.69) is 6.07 Å². The van der Waals surface area contributed by atoms with E-state index in [-0.39, 0.29) is 23.6 Å². The van der Waals surface area contributed by atoms with Crippen LogP contribution in [0.2, 0.25) is 10.0 Å². The Morgan fingerprint density at radius 1 is 1.21 bits per heavy atom. The van der Waals surface area contributed by atoms with Crippen LogP contribution in [0, 0.1) is 11.3 Å². The van der Waals surface area contributed by atoms with Gasteiger partial charge in [-0.05, 0) is 36.3 Å². The van der Waals surface area contributed by atoms with Crippen molar-refractivity contribution >= 4 is 58.0 Å². The Morgan fingerprint density at radius 2 is 1.88 bits per heavy atom. The monoisotopic (exact) mass is 497 g/mol. The van der Waals surface area contributed by atoms with E-state index in [1.807, 2.05) is 0 Å². The maximum atomic E-state index is 13.3. The van der Waals surface area contributed by atoms with Gasteiger partial charge in [-0.3, -0.25) is 9.36 Å². The molecule has 0 bridgehead atoms. The Hall–Kier alpha value is -3.31. The lowest BCUT2D eigenvalue weighted by molar-refractivity contribution is -0.138. The van der Waals surface area contributed by atoms with Crippen molar-refractivity contribution in [2.75, 3.05) is 6.61 Å². The van der Waals surface area contributed by atoms with Crippen LogP contribution >= 0.6 is 34.5 Å². The average molecular weight is 498 g/mol. The molecule has 2 aromatic carbocycles. The minimum atomic E-state index is -0.881. The number of nitrogens with two attached hydrogens (primary N) is 1. The smallest absolute Gasteiger partial charge is 0.338 e. The molecule has 6 nitrogen and oxygen atoms in total. The van der Waals surface area contributed by atoms with Crippen LogP contribution in [-0.4, -0.2) is 17.1 Å². The lowest BCUT2D eigenvalue weighted by Crippen LogP contribution is -2.40. The molecule has 0 saturated carbocycles. The number of benzene rings is 2. The molecule has 4 rings (SSSR count). The van der Waals surface area contributed by atoms with Crippen molar-refractivity contribution < 1.29 is 9.53 Å². The third-order valence-corrected chi connectivity index (χ3v) is 6.97. The molecule has 0 aliphatic carbocycles. The molecule has 166 valence electrons. The van der Waals surface area contributed by atoms with Crippen molar-refractivity contribution in [3.8, 4) is 6.07 Å². The number of rotatable bonds is 4. The summed E-state index contributed by atoms with van der Waals surface area (Å²) in [6.07, 6.45) is 1.64. The topological polar surface area (TPSA) is 98.1 Å². The van der Waals surface area contributed by atoms with E-state index in [9.17, 15) is 14.9 Å². The Labute approximate surface area is 203 Å². The van der Waals surface area contributed by atoms with Gasteiger partial charge in [-0.2, -0.15) is 5.26 Å². The molecule has 2 N–H and O–H groups in total. The summed E-state index contributed by atoms with van der Waals surface area (Å²) >= 11 is 13.8. The summed E-state index contributed by atoms with van der Waals surface area (Å²) in [5.74, 6) is -1.69. The van der Waals surface area contributed by atoms with Gasteiger partial charge in [0.2, 0.25) is 0 Å². The maximum absolute atomic E-state index is 13.3. The molecule has 9 heteroatoms. The Kier molecular flexibility index (Phi) is 6.43. The van der Waals surface area contributed by atoms with Gasteiger partial charge < -0.3 is 10.5 Å². The van der Waals surface area contributed by atoms with E-state index in [4.69, 9.17) is 33.7 Å². The van der Waals surface area contributed by atoms with Crippen molar-refractivity contribution in [3.05, 3.63) is 94.8 Å². The molecule has 1 aromatic heterocycles. The van der Waals surface area contributed by atoms with E-state index >= 15 is 0 Å². The average Bonchev–Trinajstić information content (AvgIpc) is 3.12. The minimum absolute atomic E-state index is 0.00167. The van der Waals surface area contributed by atoms with Crippen LogP contribution in [0.4, 0.5) is 0 Å². The fourth-order valence-corrected chi connectivity index (χ4v) is 5.27. The predicted octanol–water partition coefficient (Wildman–Crippen LogP) is 3.21. The van der Waals surface area contributed by atoms with Crippen LogP contribution in [0.5, 0.6) is 0 Å². The van der Waals surface area contributed by atoms with E-state index < -0.39 is 17.4 Å². The second-order valence-corrected chi connectivity index (χ2v) is 8.92. The molecule has 1 aliphatic heterocycles. The first-order valence-corrected chi connectivity index (χ1v) is 11.5. The van der Waals surface area contributed by atoms with Crippen LogP contribution in [0.15, 0.2) is 58.9 Å². The van der Waals surface area contributed by atoms with Crippen molar-refractivity contribution in [2.24, 2.45) is 5.73 Å². The van der Waals surface area contributed by atoms with E-state index in [0.717, 1.165) is 11.3 Å². The molecule has 0 saturated heterocycles. The fraction of sp³-hybridized carbons (Fsp3) is 0.125. The largest absolute Gasteiger partial charge is 0.463 e. The Morgan fingerprint density at radius 3 is 2.52 bits per heavy atom. The van der Waals surface area contributed by atoms with Crippen molar-refractivity contribution in [1.29, 1.82) is 5.26 Å². The molecule has 0 spiro atoms. The van der Waals surface area contributed by atoms with Crippen molar-refractivity contribution in [1.82, 2.24) is 4.57 Å². The number of halogens is 2. The zero-order chi connectivity index (χ0) is 23.7. The number of nitriles is 1. The Balaban J connectivity index is 2.11. The number of ether oxygens (including phenoxy) is 1. The van der Waals surface area contributed by atoms with Gasteiger partial charge in [0.15, 0.2) is 0 Å². The normalized spacial score (nSPS) is 15.9. The lowest BCUT2D eigenvalue weighted by Gasteiger charge is -2.25. The van der Waals surface area contributed by atoms with Crippen LogP contribution < -0.4 is 20.5 Å². The summed E-state index contributed by atoms with van der Waals surface area (Å²) in [4.78, 5) is 26.3. The summed E-state index contributed by atoms with van der Waals surface area (Å²) < 4.78 is 7.06. The number of fused-ring (bicyclic) bond motifs is 1. The lowest BCUT2D eigenvalue weighted by atomic mass is 9.84. The van der Waals surface area contributed by atoms with Crippen LogP contribution in [0.25, 0.3) is 17.5 Å². The van der Waals surface area contributed by atoms with Crippen LogP contribution in [0.3, 0.4) is 0 Å². The van der Waals surface area contributed by atoms with Gasteiger partial charge in [-0.15, -0.1) is 11.3 Å². The molecule has 1 unspecified atom stereocenters. The first-order chi connectivity index (χ1) is 15.9. The van der Waals surface area contributed by atoms with Gasteiger partial charge in [-0.1, -0.05) is 59.6 Å². The summed E-state index contributed by atoms with van der Waals surface area (Å²) in [6.45, 7) is 1.76. The molecule has 0 fully saturated rings. The maximum Gasteiger partial charge on any atom is 0.338 e. The van der Waals surface area contributed by atoms with Gasteiger partial charge >= 0.3 is 5.97 Å². The molecule has 1 aliphatic rings. The van der Waals surface area contributed by atoms with Gasteiger partial charge in [-0.25, -0.2) is 4.79 Å². The molecule has 33 heavy (non-hydrogen) atoms. The number of thiazole rings is 1. The highest BCUT2D eigenvalue weighted by molar-refractivity contribution is 7.07. The van der Waals surface area contributed by atoms with Crippen LogP contribution in [-0.2, 0) is 9.53 Å². The van der Waals surface area contributed by atoms with E-state index in [0.29, 0.717) is 30.4 Å². The summed E-state index contributed by atoms with van der Waals surface area (Å²) in [5, 5.41) is 11.0. The SMILES string of the molecule is CCOC(=O)C1=C(N)n2c(s/c(=C/c3ccccc3Cl)c2=O)=C(C#N)C1c1ccccc1Cl. The van der Waals surface area contributed by atoms with Crippen molar-refractivity contribution in [2.45, 2.75) is 12.8 Å². The van der Waals surface area contributed by atoms with Gasteiger partial charge in [0, 0.05) is 10.0 Å².